The van der Waals surface area contributed by atoms with Gasteiger partial charge in [-0.3, -0.25) is 0 Å². The first-order chi connectivity index (χ1) is 7.86. The normalized spacial score (nSPS) is 13.4. The van der Waals surface area contributed by atoms with Gasteiger partial charge in [-0.05, 0) is 35.4 Å². The average Bonchev–Trinajstić information content (AvgIpc) is 2.24. The highest BCUT2D eigenvalue weighted by Gasteiger charge is 2.25. The van der Waals surface area contributed by atoms with E-state index in [-0.39, 0.29) is 5.41 Å². The fourth-order valence-electron chi connectivity index (χ4n) is 2.25. The van der Waals surface area contributed by atoms with Crippen molar-refractivity contribution >= 4 is 5.97 Å². The molecular formula is C15H22O2. The first-order valence-corrected chi connectivity index (χ1v) is 6.19. The van der Waals surface area contributed by atoms with Gasteiger partial charge in [0.25, 0.3) is 0 Å². The van der Waals surface area contributed by atoms with Gasteiger partial charge in [0.2, 0.25) is 0 Å². The Morgan fingerprint density at radius 1 is 1.24 bits per heavy atom. The van der Waals surface area contributed by atoms with E-state index >= 15 is 0 Å². The van der Waals surface area contributed by atoms with Crippen molar-refractivity contribution in [2.24, 2.45) is 5.41 Å². The molecule has 2 nitrogen and oxygen atoms in total. The molecule has 0 aliphatic rings. The summed E-state index contributed by atoms with van der Waals surface area (Å²) in [6.45, 7) is 8.89. The van der Waals surface area contributed by atoms with Gasteiger partial charge in [0.15, 0.2) is 0 Å². The number of carboxylic acid groups (broad SMARTS) is 1. The zero-order valence-electron chi connectivity index (χ0n) is 11.2. The molecule has 1 atom stereocenters. The summed E-state index contributed by atoms with van der Waals surface area (Å²) in [5.74, 6) is -0.380. The summed E-state index contributed by atoms with van der Waals surface area (Å²) in [6.07, 6.45) is 2.28. The second-order valence-electron chi connectivity index (χ2n) is 5.63. The van der Waals surface area contributed by atoms with Crippen LogP contribution in [0.25, 0.3) is 0 Å². The topological polar surface area (TPSA) is 37.3 Å². The van der Waals surface area contributed by atoms with Crippen molar-refractivity contribution in [2.45, 2.75) is 46.5 Å². The molecule has 1 aromatic carbocycles. The number of carboxylic acids is 1. The van der Waals surface area contributed by atoms with E-state index in [1.54, 1.807) is 12.1 Å². The lowest BCUT2D eigenvalue weighted by Gasteiger charge is -2.31. The molecule has 0 saturated heterocycles. The predicted octanol–water partition coefficient (Wildman–Crippen LogP) is 4.31. The molecule has 0 bridgehead atoms. The summed E-state index contributed by atoms with van der Waals surface area (Å²) < 4.78 is 0. The fraction of sp³-hybridized carbons (Fsp3) is 0.533. The van der Waals surface area contributed by atoms with Crippen molar-refractivity contribution < 1.29 is 9.90 Å². The van der Waals surface area contributed by atoms with Crippen LogP contribution in [-0.4, -0.2) is 11.1 Å². The van der Waals surface area contributed by atoms with Gasteiger partial charge in [0, 0.05) is 0 Å². The molecule has 0 amide bonds. The Hall–Kier alpha value is -1.31. The molecule has 1 aromatic rings. The maximum Gasteiger partial charge on any atom is 0.335 e. The fourth-order valence-corrected chi connectivity index (χ4v) is 2.25. The van der Waals surface area contributed by atoms with Crippen LogP contribution < -0.4 is 0 Å². The Morgan fingerprint density at radius 2 is 1.76 bits per heavy atom. The van der Waals surface area contributed by atoms with Crippen molar-refractivity contribution in [3.8, 4) is 0 Å². The molecular weight excluding hydrogens is 212 g/mol. The monoisotopic (exact) mass is 234 g/mol. The van der Waals surface area contributed by atoms with Crippen LogP contribution in [0.1, 0.15) is 62.4 Å². The minimum absolute atomic E-state index is 0.209. The van der Waals surface area contributed by atoms with Crippen molar-refractivity contribution in [3.63, 3.8) is 0 Å². The van der Waals surface area contributed by atoms with E-state index in [2.05, 4.69) is 27.7 Å². The lowest BCUT2D eigenvalue weighted by Crippen LogP contribution is -2.18. The van der Waals surface area contributed by atoms with Gasteiger partial charge in [0.05, 0.1) is 5.56 Å². The van der Waals surface area contributed by atoms with Crippen LogP contribution in [0.15, 0.2) is 24.3 Å². The predicted molar refractivity (Wildman–Crippen MR) is 70.5 cm³/mol. The number of hydrogen-bond acceptors (Lipinski definition) is 1. The highest BCUT2D eigenvalue weighted by Crippen LogP contribution is 2.38. The van der Waals surface area contributed by atoms with Crippen LogP contribution >= 0.6 is 0 Å². The summed E-state index contributed by atoms with van der Waals surface area (Å²) in [4.78, 5) is 10.8. The Bertz CT molecular complexity index is 371. The summed E-state index contributed by atoms with van der Waals surface area (Å²) in [6, 6.07) is 7.31. The molecule has 0 aliphatic carbocycles. The van der Waals surface area contributed by atoms with Crippen LogP contribution in [-0.2, 0) is 0 Å². The van der Waals surface area contributed by atoms with E-state index in [4.69, 9.17) is 5.11 Å². The summed E-state index contributed by atoms with van der Waals surface area (Å²) >= 11 is 0. The molecule has 0 aliphatic heterocycles. The smallest absolute Gasteiger partial charge is 0.335 e. The molecule has 0 radical (unpaired) electrons. The molecule has 0 heterocycles. The molecule has 0 fully saturated rings. The molecule has 2 heteroatoms. The molecule has 17 heavy (non-hydrogen) atoms. The number of aromatic carboxylic acids is 1. The third kappa shape index (κ3) is 3.58. The molecule has 0 saturated carbocycles. The highest BCUT2D eigenvalue weighted by atomic mass is 16.4. The highest BCUT2D eigenvalue weighted by molar-refractivity contribution is 5.87. The number of carbonyl (C=O) groups is 1. The van der Waals surface area contributed by atoms with Gasteiger partial charge in [-0.15, -0.1) is 0 Å². The van der Waals surface area contributed by atoms with E-state index in [1.165, 1.54) is 5.56 Å². The first-order valence-electron chi connectivity index (χ1n) is 6.19. The van der Waals surface area contributed by atoms with Gasteiger partial charge in [-0.2, -0.15) is 0 Å². The van der Waals surface area contributed by atoms with Crippen molar-refractivity contribution in [2.75, 3.05) is 0 Å². The van der Waals surface area contributed by atoms with Crippen LogP contribution in [0.3, 0.4) is 0 Å². The van der Waals surface area contributed by atoms with E-state index in [1.807, 2.05) is 12.1 Å². The maximum absolute atomic E-state index is 10.8. The number of rotatable bonds is 4. The number of benzene rings is 1. The van der Waals surface area contributed by atoms with Crippen LogP contribution in [0, 0.1) is 5.41 Å². The standard InChI is InChI=1S/C15H22O2/c1-5-6-13(15(2,3)4)11-7-9-12(10-8-11)14(16)17/h7-10,13H,5-6H2,1-4H3,(H,16,17). The summed E-state index contributed by atoms with van der Waals surface area (Å²) in [7, 11) is 0. The lowest BCUT2D eigenvalue weighted by atomic mass is 9.74. The largest absolute Gasteiger partial charge is 0.478 e. The number of hydrogen-bond donors (Lipinski definition) is 1. The van der Waals surface area contributed by atoms with Crippen LogP contribution in [0.5, 0.6) is 0 Å². The minimum atomic E-state index is -0.862. The quantitative estimate of drug-likeness (QED) is 0.842. The summed E-state index contributed by atoms with van der Waals surface area (Å²) in [5.41, 5.74) is 1.81. The Balaban J connectivity index is 2.99. The second-order valence-corrected chi connectivity index (χ2v) is 5.63. The third-order valence-corrected chi connectivity index (χ3v) is 3.18. The maximum atomic E-state index is 10.8. The average molecular weight is 234 g/mol. The van der Waals surface area contributed by atoms with Gasteiger partial charge in [-0.25, -0.2) is 4.79 Å². The molecule has 1 unspecified atom stereocenters. The van der Waals surface area contributed by atoms with Crippen LogP contribution in [0.4, 0.5) is 0 Å². The SMILES string of the molecule is CCCC(c1ccc(C(=O)O)cc1)C(C)(C)C. The summed E-state index contributed by atoms with van der Waals surface area (Å²) in [5, 5.41) is 8.88. The third-order valence-electron chi connectivity index (χ3n) is 3.18. The van der Waals surface area contributed by atoms with Crippen molar-refractivity contribution in [1.29, 1.82) is 0 Å². The van der Waals surface area contributed by atoms with Crippen LogP contribution in [0.2, 0.25) is 0 Å². The van der Waals surface area contributed by atoms with Gasteiger partial charge >= 0.3 is 5.97 Å². The van der Waals surface area contributed by atoms with Gasteiger partial charge in [0.1, 0.15) is 0 Å². The molecule has 1 N–H and O–H groups in total. The van der Waals surface area contributed by atoms with E-state index in [0.29, 0.717) is 11.5 Å². The Kier molecular flexibility index (Phi) is 4.33. The van der Waals surface area contributed by atoms with Crippen molar-refractivity contribution in [1.82, 2.24) is 0 Å². The van der Waals surface area contributed by atoms with E-state index < -0.39 is 5.97 Å². The molecule has 0 aromatic heterocycles. The molecule has 94 valence electrons. The van der Waals surface area contributed by atoms with E-state index in [0.717, 1.165) is 12.8 Å². The van der Waals surface area contributed by atoms with E-state index in [9.17, 15) is 4.79 Å². The van der Waals surface area contributed by atoms with Gasteiger partial charge in [-0.1, -0.05) is 46.2 Å². The van der Waals surface area contributed by atoms with Gasteiger partial charge < -0.3 is 5.11 Å². The zero-order chi connectivity index (χ0) is 13.1. The zero-order valence-corrected chi connectivity index (χ0v) is 11.2. The second kappa shape index (κ2) is 5.35. The van der Waals surface area contributed by atoms with Crippen molar-refractivity contribution in [3.05, 3.63) is 35.4 Å². The minimum Gasteiger partial charge on any atom is -0.478 e. The molecule has 0 spiro atoms. The lowest BCUT2D eigenvalue weighted by molar-refractivity contribution is 0.0697. The molecule has 1 rings (SSSR count). The Morgan fingerprint density at radius 3 is 2.12 bits per heavy atom. The Labute approximate surface area is 104 Å². The first kappa shape index (κ1) is 13.8.